The zero-order valence-corrected chi connectivity index (χ0v) is 15.5. The predicted molar refractivity (Wildman–Crippen MR) is 104 cm³/mol. The molecule has 0 spiro atoms. The van der Waals surface area contributed by atoms with Crippen LogP contribution in [0.4, 0.5) is 5.82 Å². The number of carbonyl (C=O) groups is 1. The van der Waals surface area contributed by atoms with Gasteiger partial charge in [-0.2, -0.15) is 0 Å². The minimum absolute atomic E-state index is 0.109. The van der Waals surface area contributed by atoms with Gasteiger partial charge in [-0.1, -0.05) is 12.1 Å². The number of rotatable bonds is 7. The number of carbonyl (C=O) groups excluding carboxylic acids is 1. The van der Waals surface area contributed by atoms with Gasteiger partial charge in [0.1, 0.15) is 11.6 Å². The Morgan fingerprint density at radius 2 is 2.19 bits per heavy atom. The summed E-state index contributed by atoms with van der Waals surface area (Å²) in [4.78, 5) is 20.5. The molecule has 2 heterocycles. The number of nitrogens with two attached hydrogens (primary N) is 1. The average molecular weight is 370 g/mol. The molecule has 144 valence electrons. The summed E-state index contributed by atoms with van der Waals surface area (Å²) in [6, 6.07) is 11.6. The van der Waals surface area contributed by atoms with E-state index in [2.05, 4.69) is 20.9 Å². The molecule has 1 amide bonds. The molecular formula is C20H26N4O3. The van der Waals surface area contributed by atoms with Gasteiger partial charge in [-0.15, -0.1) is 0 Å². The molecule has 1 aromatic heterocycles. The second-order valence-corrected chi connectivity index (χ2v) is 6.67. The maximum Gasteiger partial charge on any atom is 0.252 e. The fraction of sp³-hybridized carbons (Fsp3) is 0.400. The lowest BCUT2D eigenvalue weighted by molar-refractivity contribution is 0.0999. The van der Waals surface area contributed by atoms with Crippen molar-refractivity contribution in [1.82, 2.24) is 9.88 Å². The lowest BCUT2D eigenvalue weighted by atomic mass is 10.1. The number of ether oxygens (including phenoxy) is 1. The van der Waals surface area contributed by atoms with Gasteiger partial charge in [0.25, 0.3) is 5.91 Å². The maximum absolute atomic E-state index is 11.7. The number of hydrogen-bond acceptors (Lipinski definition) is 6. The van der Waals surface area contributed by atoms with Crippen LogP contribution in [-0.4, -0.2) is 60.3 Å². The molecule has 1 aliphatic heterocycles. The van der Waals surface area contributed by atoms with Crippen molar-refractivity contribution in [3.8, 4) is 5.75 Å². The van der Waals surface area contributed by atoms with Crippen LogP contribution in [0.5, 0.6) is 5.75 Å². The molecule has 0 radical (unpaired) electrons. The van der Waals surface area contributed by atoms with Crippen molar-refractivity contribution >= 4 is 11.7 Å². The Hall–Kier alpha value is -2.64. The molecule has 3 N–H and O–H groups in total. The van der Waals surface area contributed by atoms with E-state index in [-0.39, 0.29) is 12.6 Å². The van der Waals surface area contributed by atoms with E-state index in [1.54, 1.807) is 25.4 Å². The smallest absolute Gasteiger partial charge is 0.252 e. The second-order valence-electron chi connectivity index (χ2n) is 6.67. The molecule has 7 heteroatoms. The first-order valence-electron chi connectivity index (χ1n) is 9.10. The number of piperazine rings is 1. The predicted octanol–water partition coefficient (Wildman–Crippen LogP) is 1.26. The zero-order valence-electron chi connectivity index (χ0n) is 15.5. The highest BCUT2D eigenvalue weighted by Gasteiger charge is 2.29. The van der Waals surface area contributed by atoms with Crippen LogP contribution >= 0.6 is 0 Å². The fourth-order valence-electron chi connectivity index (χ4n) is 3.56. The van der Waals surface area contributed by atoms with Crippen LogP contribution < -0.4 is 15.4 Å². The number of aromatic nitrogens is 1. The molecule has 0 aliphatic carbocycles. The van der Waals surface area contributed by atoms with Gasteiger partial charge < -0.3 is 20.5 Å². The largest absolute Gasteiger partial charge is 0.497 e. The van der Waals surface area contributed by atoms with Gasteiger partial charge in [-0.3, -0.25) is 9.69 Å². The van der Waals surface area contributed by atoms with Gasteiger partial charge in [0.2, 0.25) is 0 Å². The number of aliphatic hydroxyl groups excluding tert-OH is 1. The number of aliphatic hydroxyl groups is 1. The Morgan fingerprint density at radius 3 is 2.93 bits per heavy atom. The SMILES string of the molecule is COc1cccc(CN2CCN(c3ncccc3C(N)=O)C[C@H]2CCO)c1. The van der Waals surface area contributed by atoms with E-state index in [0.717, 1.165) is 25.4 Å². The molecule has 7 nitrogen and oxygen atoms in total. The van der Waals surface area contributed by atoms with Crippen LogP contribution in [0.3, 0.4) is 0 Å². The van der Waals surface area contributed by atoms with Crippen LogP contribution in [0.25, 0.3) is 0 Å². The Balaban J connectivity index is 1.76. The number of benzene rings is 1. The Morgan fingerprint density at radius 1 is 1.33 bits per heavy atom. The molecule has 3 rings (SSSR count). The Bertz CT molecular complexity index is 783. The first-order valence-corrected chi connectivity index (χ1v) is 9.10. The Labute approximate surface area is 159 Å². The van der Waals surface area contributed by atoms with E-state index in [4.69, 9.17) is 10.5 Å². The second kappa shape index (κ2) is 8.83. The van der Waals surface area contributed by atoms with Crippen LogP contribution in [0.2, 0.25) is 0 Å². The summed E-state index contributed by atoms with van der Waals surface area (Å²) >= 11 is 0. The number of hydrogen-bond donors (Lipinski definition) is 2. The third-order valence-corrected chi connectivity index (χ3v) is 4.94. The van der Waals surface area contributed by atoms with E-state index in [1.165, 1.54) is 5.56 Å². The molecule has 1 aliphatic rings. The summed E-state index contributed by atoms with van der Waals surface area (Å²) in [6.45, 7) is 3.11. The molecule has 0 bridgehead atoms. The van der Waals surface area contributed by atoms with Crippen LogP contribution in [0.1, 0.15) is 22.3 Å². The van der Waals surface area contributed by atoms with Gasteiger partial charge in [-0.25, -0.2) is 4.98 Å². The maximum atomic E-state index is 11.7. The monoisotopic (exact) mass is 370 g/mol. The summed E-state index contributed by atoms with van der Waals surface area (Å²) in [7, 11) is 1.66. The van der Waals surface area contributed by atoms with Crippen molar-refractivity contribution in [2.75, 3.05) is 38.3 Å². The van der Waals surface area contributed by atoms with Gasteiger partial charge >= 0.3 is 0 Å². The van der Waals surface area contributed by atoms with E-state index >= 15 is 0 Å². The molecule has 1 fully saturated rings. The van der Waals surface area contributed by atoms with Crippen molar-refractivity contribution in [2.45, 2.75) is 19.0 Å². The van der Waals surface area contributed by atoms with Crippen LogP contribution in [0, 0.1) is 0 Å². The van der Waals surface area contributed by atoms with E-state index < -0.39 is 5.91 Å². The molecule has 1 aromatic carbocycles. The average Bonchev–Trinajstić information content (AvgIpc) is 2.69. The first-order chi connectivity index (χ1) is 13.1. The quantitative estimate of drug-likeness (QED) is 0.762. The minimum atomic E-state index is -0.476. The van der Waals surface area contributed by atoms with E-state index in [9.17, 15) is 9.90 Å². The summed E-state index contributed by atoms with van der Waals surface area (Å²) in [5.41, 5.74) is 7.10. The first kappa shape index (κ1) is 19.1. The van der Waals surface area contributed by atoms with E-state index in [0.29, 0.717) is 24.3 Å². The highest BCUT2D eigenvalue weighted by molar-refractivity contribution is 5.97. The van der Waals surface area contributed by atoms with Crippen molar-refractivity contribution < 1.29 is 14.6 Å². The summed E-state index contributed by atoms with van der Waals surface area (Å²) in [6.07, 6.45) is 2.32. The summed E-state index contributed by atoms with van der Waals surface area (Å²) < 4.78 is 5.31. The summed E-state index contributed by atoms with van der Waals surface area (Å²) in [5.74, 6) is 0.981. The molecule has 1 saturated heterocycles. The van der Waals surface area contributed by atoms with E-state index in [1.807, 2.05) is 18.2 Å². The van der Waals surface area contributed by atoms with Gasteiger partial charge in [-0.05, 0) is 36.2 Å². The lowest BCUT2D eigenvalue weighted by Crippen LogP contribution is -2.53. The van der Waals surface area contributed by atoms with Crippen molar-refractivity contribution in [3.63, 3.8) is 0 Å². The van der Waals surface area contributed by atoms with Gasteiger partial charge in [0.15, 0.2) is 0 Å². The fourth-order valence-corrected chi connectivity index (χ4v) is 3.56. The van der Waals surface area contributed by atoms with Crippen LogP contribution in [-0.2, 0) is 6.54 Å². The highest BCUT2D eigenvalue weighted by atomic mass is 16.5. The normalized spacial score (nSPS) is 17.7. The standard InChI is InChI=1S/C20H26N4O3/c1-27-17-5-2-4-15(12-17)13-23-9-10-24(14-16(23)7-11-25)20-18(19(21)26)6-3-8-22-20/h2-6,8,12,16,25H,7,9-11,13-14H2,1H3,(H2,21,26)/t16-/m1/s1. The van der Waals surface area contributed by atoms with Gasteiger partial charge in [0, 0.05) is 45.0 Å². The Kier molecular flexibility index (Phi) is 6.26. The molecule has 2 aromatic rings. The van der Waals surface area contributed by atoms with Crippen molar-refractivity contribution in [1.29, 1.82) is 0 Å². The third-order valence-electron chi connectivity index (χ3n) is 4.94. The number of pyridine rings is 1. The molecule has 27 heavy (non-hydrogen) atoms. The minimum Gasteiger partial charge on any atom is -0.497 e. The topological polar surface area (TPSA) is 91.9 Å². The number of anilines is 1. The molecular weight excluding hydrogens is 344 g/mol. The zero-order chi connectivity index (χ0) is 19.2. The number of methoxy groups -OCH3 is 1. The van der Waals surface area contributed by atoms with Gasteiger partial charge in [0.05, 0.1) is 12.7 Å². The molecule has 1 atom stereocenters. The van der Waals surface area contributed by atoms with Crippen molar-refractivity contribution in [3.05, 3.63) is 53.7 Å². The third kappa shape index (κ3) is 4.56. The molecule has 0 saturated carbocycles. The number of nitrogens with zero attached hydrogens (tertiary/aromatic N) is 3. The summed E-state index contributed by atoms with van der Waals surface area (Å²) in [5, 5.41) is 9.53. The number of amides is 1. The lowest BCUT2D eigenvalue weighted by Gasteiger charge is -2.42. The van der Waals surface area contributed by atoms with Crippen LogP contribution in [0.15, 0.2) is 42.6 Å². The molecule has 0 unspecified atom stereocenters. The number of primary amides is 1. The highest BCUT2D eigenvalue weighted by Crippen LogP contribution is 2.24. The van der Waals surface area contributed by atoms with Crippen molar-refractivity contribution in [2.24, 2.45) is 5.73 Å².